The van der Waals surface area contributed by atoms with Gasteiger partial charge in [0.25, 0.3) is 0 Å². The first-order valence-corrected chi connectivity index (χ1v) is 16.8. The Morgan fingerprint density at radius 1 is 0.320 bits per heavy atom. The summed E-state index contributed by atoms with van der Waals surface area (Å²) in [6, 6.07) is 60.8. The summed E-state index contributed by atoms with van der Waals surface area (Å²) in [4.78, 5) is 14.9. The number of ether oxygens (including phenoxy) is 1. The quantitative estimate of drug-likeness (QED) is 0.181. The molecule has 0 saturated heterocycles. The lowest BCUT2D eigenvalue weighted by Crippen LogP contribution is -2.02. The van der Waals surface area contributed by atoms with E-state index in [4.69, 9.17) is 19.7 Å². The summed E-state index contributed by atoms with van der Waals surface area (Å²) in [5.41, 5.74) is 12.1. The Labute approximate surface area is 291 Å². The first-order valence-electron chi connectivity index (χ1n) is 16.8. The SMILES string of the molecule is c1ccc(-c2nc(-c3ccccc3)nc(-c3cccc(-c4cc(-c5ccc6c(c5)Cc5ccccc5O6)ccc4-c4ccccc4)c3)n2)cc1. The lowest BCUT2D eigenvalue weighted by Gasteiger charge is -2.21. The van der Waals surface area contributed by atoms with E-state index in [2.05, 4.69) is 103 Å². The Morgan fingerprint density at radius 2 is 0.840 bits per heavy atom. The molecular weight excluding hydrogens is 611 g/mol. The Balaban J connectivity index is 1.16. The standard InChI is InChI=1S/C46H31N3O/c1-4-13-31(14-5-1)40-25-23-35(34-24-26-43-39(27-34)29-37-19-10-11-22-42(37)50-43)30-41(40)36-20-12-21-38(28-36)46-48-44(32-15-6-2-7-16-32)47-45(49-46)33-17-8-3-9-18-33/h1-28,30H,29H2. The van der Waals surface area contributed by atoms with Gasteiger partial charge >= 0.3 is 0 Å². The maximum absolute atomic E-state index is 6.25. The maximum Gasteiger partial charge on any atom is 0.164 e. The third-order valence-corrected chi connectivity index (χ3v) is 9.20. The monoisotopic (exact) mass is 641 g/mol. The summed E-state index contributed by atoms with van der Waals surface area (Å²) in [5.74, 6) is 3.78. The molecule has 0 bridgehead atoms. The van der Waals surface area contributed by atoms with Crippen molar-refractivity contribution in [3.8, 4) is 79.0 Å². The van der Waals surface area contributed by atoms with Crippen molar-refractivity contribution in [1.82, 2.24) is 15.0 Å². The fourth-order valence-electron chi connectivity index (χ4n) is 6.67. The highest BCUT2D eigenvalue weighted by Gasteiger charge is 2.19. The predicted octanol–water partition coefficient (Wildman–Crippen LogP) is 11.6. The molecule has 0 unspecified atom stereocenters. The van der Waals surface area contributed by atoms with Gasteiger partial charge in [-0.25, -0.2) is 15.0 Å². The molecule has 0 spiro atoms. The van der Waals surface area contributed by atoms with Gasteiger partial charge in [-0.1, -0.05) is 146 Å². The molecule has 236 valence electrons. The van der Waals surface area contributed by atoms with E-state index < -0.39 is 0 Å². The normalized spacial score (nSPS) is 11.7. The molecule has 4 nitrogen and oxygen atoms in total. The summed E-state index contributed by atoms with van der Waals surface area (Å²) in [6.45, 7) is 0. The number of hydrogen-bond acceptors (Lipinski definition) is 4. The average Bonchev–Trinajstić information content (AvgIpc) is 3.20. The average molecular weight is 642 g/mol. The highest BCUT2D eigenvalue weighted by atomic mass is 16.5. The van der Waals surface area contributed by atoms with Crippen LogP contribution in [0.25, 0.3) is 67.5 Å². The number of rotatable bonds is 6. The number of fused-ring (bicyclic) bond motifs is 2. The molecule has 9 rings (SSSR count). The Kier molecular flexibility index (Phi) is 7.52. The van der Waals surface area contributed by atoms with Gasteiger partial charge in [0.1, 0.15) is 11.5 Å². The lowest BCUT2D eigenvalue weighted by atomic mass is 9.89. The topological polar surface area (TPSA) is 47.9 Å². The third-order valence-electron chi connectivity index (χ3n) is 9.20. The van der Waals surface area contributed by atoms with Gasteiger partial charge in [-0.05, 0) is 74.8 Å². The molecule has 0 amide bonds. The summed E-state index contributed by atoms with van der Waals surface area (Å²) >= 11 is 0. The van der Waals surface area contributed by atoms with Gasteiger partial charge in [0, 0.05) is 23.1 Å². The lowest BCUT2D eigenvalue weighted by molar-refractivity contribution is 0.460. The molecule has 50 heavy (non-hydrogen) atoms. The molecule has 0 N–H and O–H groups in total. The molecule has 7 aromatic carbocycles. The van der Waals surface area contributed by atoms with E-state index in [0.717, 1.165) is 68.0 Å². The molecule has 2 heterocycles. The van der Waals surface area contributed by atoms with Crippen LogP contribution in [0, 0.1) is 0 Å². The van der Waals surface area contributed by atoms with E-state index in [9.17, 15) is 0 Å². The number of para-hydroxylation sites is 1. The van der Waals surface area contributed by atoms with E-state index >= 15 is 0 Å². The highest BCUT2D eigenvalue weighted by molar-refractivity contribution is 5.88. The second kappa shape index (κ2) is 12.8. The predicted molar refractivity (Wildman–Crippen MR) is 202 cm³/mol. The van der Waals surface area contributed by atoms with Crippen molar-refractivity contribution in [3.05, 3.63) is 187 Å². The van der Waals surface area contributed by atoms with Gasteiger partial charge in [0.15, 0.2) is 17.5 Å². The minimum absolute atomic E-state index is 0.631. The molecule has 8 aromatic rings. The Bertz CT molecular complexity index is 2420. The largest absolute Gasteiger partial charge is 0.457 e. The molecule has 0 radical (unpaired) electrons. The Morgan fingerprint density at radius 3 is 1.54 bits per heavy atom. The highest BCUT2D eigenvalue weighted by Crippen LogP contribution is 2.41. The molecule has 0 fully saturated rings. The number of hydrogen-bond donors (Lipinski definition) is 0. The first-order chi connectivity index (χ1) is 24.7. The van der Waals surface area contributed by atoms with Crippen LogP contribution in [0.5, 0.6) is 11.5 Å². The minimum atomic E-state index is 0.631. The van der Waals surface area contributed by atoms with E-state index in [1.165, 1.54) is 11.1 Å². The van der Waals surface area contributed by atoms with Crippen molar-refractivity contribution in [3.63, 3.8) is 0 Å². The molecule has 0 atom stereocenters. The van der Waals surface area contributed by atoms with Gasteiger partial charge in [-0.3, -0.25) is 0 Å². The van der Waals surface area contributed by atoms with Gasteiger partial charge < -0.3 is 4.74 Å². The smallest absolute Gasteiger partial charge is 0.164 e. The maximum atomic E-state index is 6.25. The fourth-order valence-corrected chi connectivity index (χ4v) is 6.67. The molecule has 4 heteroatoms. The van der Waals surface area contributed by atoms with Crippen LogP contribution in [0.4, 0.5) is 0 Å². The van der Waals surface area contributed by atoms with Gasteiger partial charge in [-0.2, -0.15) is 0 Å². The molecule has 1 aromatic heterocycles. The van der Waals surface area contributed by atoms with Crippen molar-refractivity contribution in [2.45, 2.75) is 6.42 Å². The van der Waals surface area contributed by atoms with Crippen LogP contribution >= 0.6 is 0 Å². The van der Waals surface area contributed by atoms with Crippen LogP contribution in [0.15, 0.2) is 176 Å². The summed E-state index contributed by atoms with van der Waals surface area (Å²) in [6.07, 6.45) is 0.845. The van der Waals surface area contributed by atoms with E-state index in [-0.39, 0.29) is 0 Å². The zero-order chi connectivity index (χ0) is 33.3. The van der Waals surface area contributed by atoms with Crippen molar-refractivity contribution in [2.75, 3.05) is 0 Å². The zero-order valence-electron chi connectivity index (χ0n) is 27.2. The number of nitrogens with zero attached hydrogens (tertiary/aromatic N) is 3. The van der Waals surface area contributed by atoms with Crippen molar-refractivity contribution in [2.24, 2.45) is 0 Å². The van der Waals surface area contributed by atoms with Crippen LogP contribution < -0.4 is 4.74 Å². The fraction of sp³-hybridized carbons (Fsp3) is 0.0217. The first kappa shape index (κ1) is 29.5. The van der Waals surface area contributed by atoms with E-state index in [1.807, 2.05) is 72.8 Å². The van der Waals surface area contributed by atoms with Gasteiger partial charge in [0.2, 0.25) is 0 Å². The zero-order valence-corrected chi connectivity index (χ0v) is 27.2. The second-order valence-electron chi connectivity index (χ2n) is 12.5. The van der Waals surface area contributed by atoms with Crippen LogP contribution in [0.3, 0.4) is 0 Å². The molecular formula is C46H31N3O. The number of aromatic nitrogens is 3. The van der Waals surface area contributed by atoms with Crippen LogP contribution in [0.1, 0.15) is 11.1 Å². The van der Waals surface area contributed by atoms with Gasteiger partial charge in [-0.15, -0.1) is 0 Å². The van der Waals surface area contributed by atoms with E-state index in [0.29, 0.717) is 17.5 Å². The number of benzene rings is 7. The van der Waals surface area contributed by atoms with Crippen LogP contribution in [-0.2, 0) is 6.42 Å². The van der Waals surface area contributed by atoms with Crippen molar-refractivity contribution in [1.29, 1.82) is 0 Å². The minimum Gasteiger partial charge on any atom is -0.457 e. The molecule has 1 aliphatic rings. The molecule has 1 aliphatic heterocycles. The Hall–Kier alpha value is -6.65. The molecule has 0 saturated carbocycles. The third kappa shape index (κ3) is 5.73. The molecule has 0 aliphatic carbocycles. The van der Waals surface area contributed by atoms with Crippen molar-refractivity contribution >= 4 is 0 Å². The van der Waals surface area contributed by atoms with Gasteiger partial charge in [0.05, 0.1) is 0 Å². The summed E-state index contributed by atoms with van der Waals surface area (Å²) in [5, 5.41) is 0. The van der Waals surface area contributed by atoms with Crippen LogP contribution in [0.2, 0.25) is 0 Å². The summed E-state index contributed by atoms with van der Waals surface area (Å²) < 4.78 is 6.25. The van der Waals surface area contributed by atoms with Crippen molar-refractivity contribution < 1.29 is 4.74 Å². The summed E-state index contributed by atoms with van der Waals surface area (Å²) in [7, 11) is 0. The van der Waals surface area contributed by atoms with E-state index in [1.54, 1.807) is 0 Å². The second-order valence-corrected chi connectivity index (χ2v) is 12.5. The van der Waals surface area contributed by atoms with Crippen LogP contribution in [-0.4, -0.2) is 15.0 Å².